The summed E-state index contributed by atoms with van der Waals surface area (Å²) in [5.41, 5.74) is 0.867. The normalized spacial score (nSPS) is 9.60. The Morgan fingerprint density at radius 2 is 2.00 bits per heavy atom. The van der Waals surface area contributed by atoms with Gasteiger partial charge in [-0.05, 0) is 0 Å². The van der Waals surface area contributed by atoms with E-state index in [1.165, 1.54) is 5.63 Å². The van der Waals surface area contributed by atoms with E-state index < -0.39 is 0 Å². The average Bonchev–Trinajstić information content (AvgIpc) is 1.88. The summed E-state index contributed by atoms with van der Waals surface area (Å²) in [6.07, 6.45) is 0.934. The van der Waals surface area contributed by atoms with Gasteiger partial charge in [-0.3, -0.25) is 0 Å². The van der Waals surface area contributed by atoms with E-state index in [-0.39, 0.29) is 0 Å². The molecule has 0 fully saturated rings. The topological polar surface area (TPSA) is 17.1 Å². The first-order valence-corrected chi connectivity index (χ1v) is 5.26. The SMILES string of the molecule is O=Cc1cc[c]([Na])c[c]1[Na]. The van der Waals surface area contributed by atoms with Crippen molar-refractivity contribution in [2.24, 2.45) is 0 Å². The van der Waals surface area contributed by atoms with Crippen LogP contribution in [-0.4, -0.2) is 62.1 Å². The number of rotatable bonds is 1. The number of hydrogen-bond acceptors (Lipinski definition) is 1. The molecule has 1 rings (SSSR count). The molecule has 0 aliphatic heterocycles. The van der Waals surface area contributed by atoms with Gasteiger partial charge in [-0.1, -0.05) is 0 Å². The van der Waals surface area contributed by atoms with Crippen molar-refractivity contribution < 1.29 is 4.79 Å². The van der Waals surface area contributed by atoms with Crippen molar-refractivity contribution in [3.63, 3.8) is 0 Å². The Morgan fingerprint density at radius 1 is 1.30 bits per heavy atom. The second-order valence-corrected chi connectivity index (χ2v) is 4.71. The van der Waals surface area contributed by atoms with Crippen molar-refractivity contribution in [1.29, 1.82) is 0 Å². The van der Waals surface area contributed by atoms with Crippen LogP contribution in [0.15, 0.2) is 18.2 Å². The molecule has 0 saturated carbocycles. The van der Waals surface area contributed by atoms with Crippen LogP contribution >= 0.6 is 0 Å². The van der Waals surface area contributed by atoms with E-state index in [1.54, 1.807) is 0 Å². The Kier molecular flexibility index (Phi) is 3.64. The van der Waals surface area contributed by atoms with Crippen LogP contribution < -0.4 is 5.63 Å². The van der Waals surface area contributed by atoms with Crippen LogP contribution in [0, 0.1) is 0 Å². The van der Waals surface area contributed by atoms with Gasteiger partial charge in [-0.15, -0.1) is 0 Å². The Morgan fingerprint density at radius 3 is 2.50 bits per heavy atom. The third-order valence-corrected chi connectivity index (χ3v) is 3.04. The molecule has 10 heavy (non-hydrogen) atoms. The third kappa shape index (κ3) is 2.19. The second kappa shape index (κ2) is 4.05. The van der Waals surface area contributed by atoms with Crippen LogP contribution in [0.25, 0.3) is 0 Å². The van der Waals surface area contributed by atoms with Crippen LogP contribution in [-0.2, 0) is 0 Å². The minimum absolute atomic E-state index is 0.867. The van der Waals surface area contributed by atoms with Gasteiger partial charge in [0.05, 0.1) is 0 Å². The number of aldehydes is 1. The van der Waals surface area contributed by atoms with E-state index >= 15 is 0 Å². The van der Waals surface area contributed by atoms with Crippen LogP contribution in [0.1, 0.15) is 10.4 Å². The molecule has 3 heteroatoms. The summed E-state index contributed by atoms with van der Waals surface area (Å²) >= 11 is 2.05. The van der Waals surface area contributed by atoms with E-state index in [0.717, 1.165) is 67.7 Å². The second-order valence-electron chi connectivity index (χ2n) is 2.48. The molecule has 1 aromatic carbocycles. The van der Waals surface area contributed by atoms with Crippen LogP contribution in [0.3, 0.4) is 0 Å². The molecule has 0 aliphatic carbocycles. The maximum atomic E-state index is 10.4. The molecular formula is C7H4Na2O. The molecule has 1 nitrogen and oxygen atoms in total. The molecule has 0 amide bonds. The molecule has 0 spiro atoms. The molecular weight excluding hydrogens is 146 g/mol. The van der Waals surface area contributed by atoms with Gasteiger partial charge in [0, 0.05) is 0 Å². The first kappa shape index (κ1) is 8.98. The van der Waals surface area contributed by atoms with E-state index in [1.807, 2.05) is 12.1 Å². The maximum absolute atomic E-state index is 10.4. The van der Waals surface area contributed by atoms with Gasteiger partial charge in [0.1, 0.15) is 0 Å². The summed E-state index contributed by atoms with van der Waals surface area (Å²) in [5.74, 6) is 0. The summed E-state index contributed by atoms with van der Waals surface area (Å²) in [5, 5.41) is 0. The van der Waals surface area contributed by atoms with Crippen LogP contribution in [0.2, 0.25) is 0 Å². The quantitative estimate of drug-likeness (QED) is 0.374. The number of hydrogen-bond donors (Lipinski definition) is 0. The molecule has 0 unspecified atom stereocenters. The summed E-state index contributed by atoms with van der Waals surface area (Å²) in [7, 11) is 0. The number of benzene rings is 1. The summed E-state index contributed by atoms with van der Waals surface area (Å²) in [6.45, 7) is 0. The zero-order valence-electron chi connectivity index (χ0n) is 6.22. The summed E-state index contributed by atoms with van der Waals surface area (Å²) < 4.78 is 2.60. The van der Waals surface area contributed by atoms with Crippen molar-refractivity contribution in [3.05, 3.63) is 23.8 Å². The van der Waals surface area contributed by atoms with Crippen molar-refractivity contribution in [3.8, 4) is 0 Å². The standard InChI is InChI=1S/C7H4O.2Na/c8-6-7-4-2-1-3-5-7;;/h2-4,6H;;. The Bertz CT molecular complexity index is 258. The molecule has 0 saturated heterocycles. The van der Waals surface area contributed by atoms with Crippen molar-refractivity contribution in [1.82, 2.24) is 0 Å². The minimum atomic E-state index is 0.867. The Labute approximate surface area is 95.0 Å². The molecule has 0 aromatic heterocycles. The van der Waals surface area contributed by atoms with Crippen molar-refractivity contribution in [2.75, 3.05) is 0 Å². The molecule has 0 N–H and O–H groups in total. The molecule has 40 valence electrons. The predicted molar refractivity (Wildman–Crippen MR) is 42.6 cm³/mol. The van der Waals surface area contributed by atoms with E-state index in [0.29, 0.717) is 0 Å². The fourth-order valence-corrected chi connectivity index (χ4v) is 2.87. The van der Waals surface area contributed by atoms with Gasteiger partial charge in [0.2, 0.25) is 0 Å². The van der Waals surface area contributed by atoms with Crippen molar-refractivity contribution >= 4 is 67.8 Å². The van der Waals surface area contributed by atoms with Crippen LogP contribution in [0.5, 0.6) is 0 Å². The van der Waals surface area contributed by atoms with E-state index in [2.05, 4.69) is 6.07 Å². The fourth-order valence-electron chi connectivity index (χ4n) is 0.958. The molecule has 0 bridgehead atoms. The first-order chi connectivity index (χ1) is 4.74. The predicted octanol–water partition coefficient (Wildman–Crippen LogP) is -0.913. The van der Waals surface area contributed by atoms with Crippen LogP contribution in [0.4, 0.5) is 0 Å². The number of carbonyl (C=O) groups is 1. The first-order valence-electron chi connectivity index (χ1n) is 3.26. The van der Waals surface area contributed by atoms with Gasteiger partial charge in [0.25, 0.3) is 0 Å². The summed E-state index contributed by atoms with van der Waals surface area (Å²) in [4.78, 5) is 10.4. The zero-order valence-corrected chi connectivity index (χ0v) is 10.2. The van der Waals surface area contributed by atoms with Gasteiger partial charge >= 0.3 is 96.3 Å². The monoisotopic (exact) mass is 150 g/mol. The molecule has 0 aliphatic rings. The Hall–Kier alpha value is 0.890. The molecule has 1 aromatic rings. The van der Waals surface area contributed by atoms with Gasteiger partial charge in [-0.25, -0.2) is 0 Å². The molecule has 0 radical (unpaired) electrons. The van der Waals surface area contributed by atoms with Gasteiger partial charge in [0.15, 0.2) is 0 Å². The van der Waals surface area contributed by atoms with Gasteiger partial charge < -0.3 is 0 Å². The molecule has 0 atom stereocenters. The Balaban J connectivity index is 3.19. The average molecular weight is 150 g/mol. The van der Waals surface area contributed by atoms with Crippen molar-refractivity contribution in [2.45, 2.75) is 0 Å². The van der Waals surface area contributed by atoms with Gasteiger partial charge in [-0.2, -0.15) is 0 Å². The summed E-state index contributed by atoms with van der Waals surface area (Å²) in [6, 6.07) is 6.07. The number of carbonyl (C=O) groups excluding carboxylic acids is 1. The molecule has 0 heterocycles. The third-order valence-electron chi connectivity index (χ3n) is 1.55. The van der Waals surface area contributed by atoms with E-state index in [9.17, 15) is 4.79 Å². The van der Waals surface area contributed by atoms with E-state index in [4.69, 9.17) is 0 Å². The zero-order chi connectivity index (χ0) is 7.56. The fraction of sp³-hybridized carbons (Fsp3) is 0.